The SMILES string of the molecule is CC(C)Oc1ccc(C(=O)N[C@H](C(=O)O)C(C)C)cn1. The zero-order chi connectivity index (χ0) is 15.3. The smallest absolute Gasteiger partial charge is 0.326 e. The van der Waals surface area contributed by atoms with E-state index in [1.54, 1.807) is 26.0 Å². The predicted molar refractivity (Wildman–Crippen MR) is 73.7 cm³/mol. The van der Waals surface area contributed by atoms with Gasteiger partial charge in [0.05, 0.1) is 11.7 Å². The van der Waals surface area contributed by atoms with Gasteiger partial charge in [0, 0.05) is 12.3 Å². The molecule has 2 N–H and O–H groups in total. The quantitative estimate of drug-likeness (QED) is 0.828. The average Bonchev–Trinajstić information content (AvgIpc) is 2.35. The third kappa shape index (κ3) is 4.53. The van der Waals surface area contributed by atoms with Crippen molar-refractivity contribution >= 4 is 11.9 Å². The van der Waals surface area contributed by atoms with E-state index in [2.05, 4.69) is 10.3 Å². The van der Waals surface area contributed by atoms with Gasteiger partial charge in [-0.1, -0.05) is 13.8 Å². The molecule has 1 amide bonds. The molecule has 6 nitrogen and oxygen atoms in total. The third-order valence-corrected chi connectivity index (χ3v) is 2.57. The van der Waals surface area contributed by atoms with Gasteiger partial charge in [0.1, 0.15) is 6.04 Å². The summed E-state index contributed by atoms with van der Waals surface area (Å²) in [4.78, 5) is 27.0. The summed E-state index contributed by atoms with van der Waals surface area (Å²) in [6.45, 7) is 7.22. The van der Waals surface area contributed by atoms with Crippen LogP contribution in [0.5, 0.6) is 5.88 Å². The molecule has 0 spiro atoms. The van der Waals surface area contributed by atoms with E-state index >= 15 is 0 Å². The summed E-state index contributed by atoms with van der Waals surface area (Å²) in [5.74, 6) is -1.29. The van der Waals surface area contributed by atoms with E-state index in [4.69, 9.17) is 9.84 Å². The molecule has 1 rings (SSSR count). The number of aliphatic carboxylic acids is 1. The van der Waals surface area contributed by atoms with Crippen LogP contribution in [0.3, 0.4) is 0 Å². The van der Waals surface area contributed by atoms with Crippen molar-refractivity contribution in [2.75, 3.05) is 0 Å². The van der Waals surface area contributed by atoms with Crippen LogP contribution in [0.4, 0.5) is 0 Å². The van der Waals surface area contributed by atoms with E-state index in [1.165, 1.54) is 6.20 Å². The molecule has 0 aliphatic carbocycles. The summed E-state index contributed by atoms with van der Waals surface area (Å²) in [6.07, 6.45) is 1.37. The number of hydrogen-bond acceptors (Lipinski definition) is 4. The fourth-order valence-corrected chi connectivity index (χ4v) is 1.56. The maximum absolute atomic E-state index is 11.9. The van der Waals surface area contributed by atoms with Gasteiger partial charge in [0.25, 0.3) is 5.91 Å². The molecule has 1 heterocycles. The summed E-state index contributed by atoms with van der Waals surface area (Å²) in [6, 6.07) is 2.22. The van der Waals surface area contributed by atoms with E-state index in [9.17, 15) is 9.59 Å². The van der Waals surface area contributed by atoms with Crippen LogP contribution in [0.2, 0.25) is 0 Å². The number of carbonyl (C=O) groups is 2. The van der Waals surface area contributed by atoms with Crippen molar-refractivity contribution in [3.05, 3.63) is 23.9 Å². The van der Waals surface area contributed by atoms with Crippen molar-refractivity contribution in [2.24, 2.45) is 5.92 Å². The Morgan fingerprint density at radius 1 is 1.25 bits per heavy atom. The molecular formula is C14H20N2O4. The third-order valence-electron chi connectivity index (χ3n) is 2.57. The molecule has 0 saturated heterocycles. The van der Waals surface area contributed by atoms with Gasteiger partial charge >= 0.3 is 5.97 Å². The Bertz CT molecular complexity index is 469. The number of nitrogens with zero attached hydrogens (tertiary/aromatic N) is 1. The largest absolute Gasteiger partial charge is 0.480 e. The van der Waals surface area contributed by atoms with Gasteiger partial charge < -0.3 is 15.2 Å². The number of amides is 1. The summed E-state index contributed by atoms with van der Waals surface area (Å²) in [5.41, 5.74) is 0.299. The molecule has 6 heteroatoms. The van der Waals surface area contributed by atoms with Crippen LogP contribution >= 0.6 is 0 Å². The predicted octanol–water partition coefficient (Wildman–Crippen LogP) is 1.71. The topological polar surface area (TPSA) is 88.5 Å². The van der Waals surface area contributed by atoms with Gasteiger partial charge in [-0.05, 0) is 25.8 Å². The molecule has 1 aromatic rings. The minimum atomic E-state index is -1.05. The van der Waals surface area contributed by atoms with E-state index in [1.807, 2.05) is 13.8 Å². The number of aromatic nitrogens is 1. The van der Waals surface area contributed by atoms with Gasteiger partial charge in [-0.2, -0.15) is 0 Å². The highest BCUT2D eigenvalue weighted by Gasteiger charge is 2.24. The minimum absolute atomic E-state index is 0.000455. The number of carbonyl (C=O) groups excluding carboxylic acids is 1. The van der Waals surface area contributed by atoms with Crippen molar-refractivity contribution < 1.29 is 19.4 Å². The van der Waals surface area contributed by atoms with Crippen LogP contribution in [0.15, 0.2) is 18.3 Å². The fraction of sp³-hybridized carbons (Fsp3) is 0.500. The number of ether oxygens (including phenoxy) is 1. The Morgan fingerprint density at radius 2 is 1.90 bits per heavy atom. The first-order chi connectivity index (χ1) is 9.31. The summed E-state index contributed by atoms with van der Waals surface area (Å²) >= 11 is 0. The average molecular weight is 280 g/mol. The lowest BCUT2D eigenvalue weighted by Gasteiger charge is -2.17. The van der Waals surface area contributed by atoms with Crippen molar-refractivity contribution in [2.45, 2.75) is 39.8 Å². The second-order valence-corrected chi connectivity index (χ2v) is 5.09. The highest BCUT2D eigenvalue weighted by atomic mass is 16.5. The number of hydrogen-bond donors (Lipinski definition) is 2. The molecular weight excluding hydrogens is 260 g/mol. The van der Waals surface area contributed by atoms with E-state index < -0.39 is 17.9 Å². The number of carboxylic acids is 1. The second kappa shape index (κ2) is 6.88. The molecule has 0 fully saturated rings. The number of nitrogens with one attached hydrogen (secondary N) is 1. The number of pyridine rings is 1. The molecule has 110 valence electrons. The van der Waals surface area contributed by atoms with E-state index in [0.717, 1.165) is 0 Å². The van der Waals surface area contributed by atoms with Crippen molar-refractivity contribution in [1.82, 2.24) is 10.3 Å². The summed E-state index contributed by atoms with van der Waals surface area (Å²) in [5, 5.41) is 11.5. The zero-order valence-electron chi connectivity index (χ0n) is 12.1. The Morgan fingerprint density at radius 3 is 2.30 bits per heavy atom. The highest BCUT2D eigenvalue weighted by Crippen LogP contribution is 2.10. The number of rotatable bonds is 6. The maximum atomic E-state index is 11.9. The van der Waals surface area contributed by atoms with Gasteiger partial charge in [-0.25, -0.2) is 9.78 Å². The Kier molecular flexibility index (Phi) is 5.49. The second-order valence-electron chi connectivity index (χ2n) is 5.09. The van der Waals surface area contributed by atoms with Crippen molar-refractivity contribution in [3.8, 4) is 5.88 Å². The summed E-state index contributed by atoms with van der Waals surface area (Å²) in [7, 11) is 0. The van der Waals surface area contributed by atoms with Crippen LogP contribution in [-0.4, -0.2) is 34.1 Å². The molecule has 0 aliphatic heterocycles. The Labute approximate surface area is 118 Å². The van der Waals surface area contributed by atoms with E-state index in [-0.39, 0.29) is 12.0 Å². The minimum Gasteiger partial charge on any atom is -0.480 e. The lowest BCUT2D eigenvalue weighted by Crippen LogP contribution is -2.44. The highest BCUT2D eigenvalue weighted by molar-refractivity contribution is 5.96. The first kappa shape index (κ1) is 15.9. The molecule has 0 aromatic carbocycles. The zero-order valence-corrected chi connectivity index (χ0v) is 12.1. The van der Waals surface area contributed by atoms with Crippen LogP contribution in [0, 0.1) is 5.92 Å². The van der Waals surface area contributed by atoms with E-state index in [0.29, 0.717) is 11.4 Å². The lowest BCUT2D eigenvalue weighted by atomic mass is 10.0. The summed E-state index contributed by atoms with van der Waals surface area (Å²) < 4.78 is 5.37. The molecule has 1 atom stereocenters. The molecule has 0 saturated carbocycles. The molecule has 20 heavy (non-hydrogen) atoms. The first-order valence-corrected chi connectivity index (χ1v) is 6.47. The van der Waals surface area contributed by atoms with Gasteiger partial charge in [-0.15, -0.1) is 0 Å². The Balaban J connectivity index is 2.74. The molecule has 1 aromatic heterocycles. The molecule has 0 radical (unpaired) electrons. The lowest BCUT2D eigenvalue weighted by molar-refractivity contribution is -0.140. The van der Waals surface area contributed by atoms with Crippen LogP contribution in [0.1, 0.15) is 38.1 Å². The van der Waals surface area contributed by atoms with Crippen LogP contribution < -0.4 is 10.1 Å². The molecule has 0 aliphatic rings. The van der Waals surface area contributed by atoms with Gasteiger partial charge in [0.15, 0.2) is 0 Å². The molecule has 0 bridgehead atoms. The maximum Gasteiger partial charge on any atom is 0.326 e. The monoisotopic (exact) mass is 280 g/mol. The van der Waals surface area contributed by atoms with Crippen LogP contribution in [0.25, 0.3) is 0 Å². The van der Waals surface area contributed by atoms with Crippen molar-refractivity contribution in [3.63, 3.8) is 0 Å². The Hall–Kier alpha value is -2.11. The number of carboxylic acid groups (broad SMARTS) is 1. The van der Waals surface area contributed by atoms with Gasteiger partial charge in [-0.3, -0.25) is 4.79 Å². The van der Waals surface area contributed by atoms with Crippen LogP contribution in [-0.2, 0) is 4.79 Å². The normalized spacial score (nSPS) is 12.3. The first-order valence-electron chi connectivity index (χ1n) is 6.47. The standard InChI is InChI=1S/C14H20N2O4/c1-8(2)12(14(18)19)16-13(17)10-5-6-11(15-7-10)20-9(3)4/h5-9,12H,1-4H3,(H,16,17)(H,18,19)/t12-/m0/s1. The molecule has 0 unspecified atom stereocenters. The fourth-order valence-electron chi connectivity index (χ4n) is 1.56. The van der Waals surface area contributed by atoms with Crippen molar-refractivity contribution in [1.29, 1.82) is 0 Å². The van der Waals surface area contributed by atoms with Gasteiger partial charge in [0.2, 0.25) is 5.88 Å².